The van der Waals surface area contributed by atoms with Gasteiger partial charge in [-0.2, -0.15) is 0 Å². The Labute approximate surface area is 74.3 Å². The molecule has 1 saturated heterocycles. The zero-order valence-electron chi connectivity index (χ0n) is 7.84. The van der Waals surface area contributed by atoms with E-state index in [4.69, 9.17) is 4.74 Å². The quantitative estimate of drug-likeness (QED) is 0.468. The van der Waals surface area contributed by atoms with Crippen LogP contribution >= 0.6 is 0 Å². The fourth-order valence-corrected chi connectivity index (χ4v) is 1.58. The number of hydrogen-bond acceptors (Lipinski definition) is 2. The van der Waals surface area contributed by atoms with E-state index < -0.39 is 0 Å². The van der Waals surface area contributed by atoms with E-state index in [1.165, 1.54) is 25.7 Å². The molecule has 0 bridgehead atoms. The van der Waals surface area contributed by atoms with Crippen LogP contribution in [0.25, 0.3) is 0 Å². The first-order valence-corrected chi connectivity index (χ1v) is 5.02. The highest BCUT2D eigenvalue weighted by atomic mass is 16.5. The predicted octanol–water partition coefficient (Wildman–Crippen LogP) is 2.66. The monoisotopic (exact) mass is 170 g/mol. The Morgan fingerprint density at radius 2 is 2.25 bits per heavy atom. The maximum Gasteiger partial charge on any atom is 0.306 e. The van der Waals surface area contributed by atoms with Gasteiger partial charge in [0.2, 0.25) is 0 Å². The maximum absolute atomic E-state index is 10.7. The Morgan fingerprint density at radius 3 is 2.83 bits per heavy atom. The molecule has 0 radical (unpaired) electrons. The molecule has 0 amide bonds. The van der Waals surface area contributed by atoms with Crippen molar-refractivity contribution in [1.82, 2.24) is 0 Å². The summed E-state index contributed by atoms with van der Waals surface area (Å²) in [7, 11) is 0. The number of ether oxygens (including phenoxy) is 1. The summed E-state index contributed by atoms with van der Waals surface area (Å²) in [5, 5.41) is 0. The average molecular weight is 170 g/mol. The first-order valence-electron chi connectivity index (χ1n) is 5.02. The van der Waals surface area contributed by atoms with Gasteiger partial charge in [0.15, 0.2) is 0 Å². The molecule has 12 heavy (non-hydrogen) atoms. The molecule has 1 fully saturated rings. The first kappa shape index (κ1) is 9.56. The van der Waals surface area contributed by atoms with Crippen LogP contribution in [0, 0.1) is 0 Å². The molecule has 0 aromatic heterocycles. The van der Waals surface area contributed by atoms with Gasteiger partial charge in [0.1, 0.15) is 6.10 Å². The van der Waals surface area contributed by atoms with Crippen LogP contribution < -0.4 is 0 Å². The smallest absolute Gasteiger partial charge is 0.306 e. The third-order valence-electron chi connectivity index (χ3n) is 2.35. The summed E-state index contributed by atoms with van der Waals surface area (Å²) in [6, 6.07) is 0. The van der Waals surface area contributed by atoms with E-state index in [-0.39, 0.29) is 12.1 Å². The number of carbonyl (C=O) groups is 1. The average Bonchev–Trinajstić information content (AvgIpc) is 2.45. The normalized spacial score (nSPS) is 22.8. The summed E-state index contributed by atoms with van der Waals surface area (Å²) < 4.78 is 5.10. The minimum Gasteiger partial charge on any atom is -0.462 e. The Kier molecular flexibility index (Phi) is 4.12. The molecular weight excluding hydrogens is 152 g/mol. The molecule has 2 nitrogen and oxygen atoms in total. The predicted molar refractivity (Wildman–Crippen MR) is 47.9 cm³/mol. The van der Waals surface area contributed by atoms with Gasteiger partial charge in [-0.15, -0.1) is 0 Å². The molecule has 1 atom stereocenters. The van der Waals surface area contributed by atoms with Gasteiger partial charge in [-0.1, -0.05) is 26.2 Å². The van der Waals surface area contributed by atoms with E-state index in [0.29, 0.717) is 6.42 Å². The van der Waals surface area contributed by atoms with Crippen molar-refractivity contribution in [2.75, 3.05) is 0 Å². The summed E-state index contributed by atoms with van der Waals surface area (Å²) in [6.07, 6.45) is 7.98. The van der Waals surface area contributed by atoms with Crippen LogP contribution in [0.2, 0.25) is 0 Å². The van der Waals surface area contributed by atoms with Gasteiger partial charge in [-0.25, -0.2) is 0 Å². The summed E-state index contributed by atoms with van der Waals surface area (Å²) >= 11 is 0. The molecule has 0 N–H and O–H groups in total. The van der Waals surface area contributed by atoms with Crippen molar-refractivity contribution in [3.63, 3.8) is 0 Å². The fourth-order valence-electron chi connectivity index (χ4n) is 1.58. The number of cyclic esters (lactones) is 1. The number of rotatable bonds is 5. The Balaban J connectivity index is 1.97. The lowest BCUT2D eigenvalue weighted by molar-refractivity contribution is -0.141. The van der Waals surface area contributed by atoms with E-state index in [1.54, 1.807) is 0 Å². The van der Waals surface area contributed by atoms with E-state index in [2.05, 4.69) is 6.92 Å². The second-order valence-electron chi connectivity index (χ2n) is 3.50. The van der Waals surface area contributed by atoms with Crippen molar-refractivity contribution in [1.29, 1.82) is 0 Å². The number of esters is 1. The number of unbranched alkanes of at least 4 members (excludes halogenated alkanes) is 3. The molecular formula is C10H18O2. The molecule has 70 valence electrons. The fraction of sp³-hybridized carbons (Fsp3) is 0.900. The SMILES string of the molecule is CCCCCCC1CCC(=O)O1. The molecule has 1 aliphatic rings. The van der Waals surface area contributed by atoms with Gasteiger partial charge in [0.25, 0.3) is 0 Å². The van der Waals surface area contributed by atoms with Gasteiger partial charge in [0.05, 0.1) is 0 Å². The van der Waals surface area contributed by atoms with Crippen LogP contribution in [0.1, 0.15) is 51.9 Å². The second kappa shape index (κ2) is 5.18. The summed E-state index contributed by atoms with van der Waals surface area (Å²) in [5.74, 6) is -0.00417. The van der Waals surface area contributed by atoms with Gasteiger partial charge in [0, 0.05) is 6.42 Å². The zero-order valence-corrected chi connectivity index (χ0v) is 7.84. The lowest BCUT2D eigenvalue weighted by atomic mass is 10.1. The maximum atomic E-state index is 10.7. The molecule has 1 rings (SSSR count). The molecule has 0 aliphatic carbocycles. The summed E-state index contributed by atoms with van der Waals surface area (Å²) in [6.45, 7) is 2.20. The number of carbonyl (C=O) groups excluding carboxylic acids is 1. The van der Waals surface area contributed by atoms with Crippen molar-refractivity contribution < 1.29 is 9.53 Å². The highest BCUT2D eigenvalue weighted by Crippen LogP contribution is 2.19. The van der Waals surface area contributed by atoms with Crippen molar-refractivity contribution in [3.05, 3.63) is 0 Å². The van der Waals surface area contributed by atoms with Gasteiger partial charge in [-0.3, -0.25) is 4.79 Å². The van der Waals surface area contributed by atoms with Gasteiger partial charge >= 0.3 is 5.97 Å². The van der Waals surface area contributed by atoms with E-state index in [9.17, 15) is 4.79 Å². The molecule has 1 heterocycles. The van der Waals surface area contributed by atoms with Crippen LogP contribution in [0.15, 0.2) is 0 Å². The molecule has 1 aliphatic heterocycles. The number of hydrogen-bond donors (Lipinski definition) is 0. The lowest BCUT2D eigenvalue weighted by Crippen LogP contribution is -2.05. The lowest BCUT2D eigenvalue weighted by Gasteiger charge is -2.07. The molecule has 0 aromatic rings. The summed E-state index contributed by atoms with van der Waals surface area (Å²) in [4.78, 5) is 10.7. The van der Waals surface area contributed by atoms with Crippen LogP contribution in [0.3, 0.4) is 0 Å². The Morgan fingerprint density at radius 1 is 1.42 bits per heavy atom. The first-order chi connectivity index (χ1) is 5.83. The van der Waals surface area contributed by atoms with Crippen molar-refractivity contribution in [3.8, 4) is 0 Å². The Bertz CT molecular complexity index is 143. The van der Waals surface area contributed by atoms with Crippen LogP contribution in [0.5, 0.6) is 0 Å². The molecule has 1 unspecified atom stereocenters. The molecule has 0 saturated carbocycles. The van der Waals surface area contributed by atoms with E-state index in [0.717, 1.165) is 12.8 Å². The van der Waals surface area contributed by atoms with E-state index >= 15 is 0 Å². The molecule has 0 spiro atoms. The largest absolute Gasteiger partial charge is 0.462 e. The topological polar surface area (TPSA) is 26.3 Å². The summed E-state index contributed by atoms with van der Waals surface area (Å²) in [5.41, 5.74) is 0. The molecule has 0 aromatic carbocycles. The van der Waals surface area contributed by atoms with Gasteiger partial charge in [-0.05, 0) is 19.3 Å². The molecule has 2 heteroatoms. The third kappa shape index (κ3) is 3.24. The van der Waals surface area contributed by atoms with Gasteiger partial charge < -0.3 is 4.74 Å². The Hall–Kier alpha value is -0.530. The van der Waals surface area contributed by atoms with E-state index in [1.807, 2.05) is 0 Å². The second-order valence-corrected chi connectivity index (χ2v) is 3.50. The van der Waals surface area contributed by atoms with Crippen molar-refractivity contribution >= 4 is 5.97 Å². The van der Waals surface area contributed by atoms with Crippen LogP contribution in [0.4, 0.5) is 0 Å². The highest BCUT2D eigenvalue weighted by molar-refractivity contribution is 5.71. The third-order valence-corrected chi connectivity index (χ3v) is 2.35. The van der Waals surface area contributed by atoms with Crippen LogP contribution in [-0.4, -0.2) is 12.1 Å². The minimum atomic E-state index is -0.00417. The highest BCUT2D eigenvalue weighted by Gasteiger charge is 2.22. The standard InChI is InChI=1S/C10H18O2/c1-2-3-4-5-6-9-7-8-10(11)12-9/h9H,2-8H2,1H3. The zero-order chi connectivity index (χ0) is 8.81. The minimum absolute atomic E-state index is 0.00417. The van der Waals surface area contributed by atoms with Crippen molar-refractivity contribution in [2.45, 2.75) is 58.0 Å². The van der Waals surface area contributed by atoms with Crippen LogP contribution in [-0.2, 0) is 9.53 Å². The van der Waals surface area contributed by atoms with Crippen molar-refractivity contribution in [2.24, 2.45) is 0 Å².